The Labute approximate surface area is 168 Å². The fourth-order valence-electron chi connectivity index (χ4n) is 2.99. The van der Waals surface area contributed by atoms with Crippen LogP contribution < -0.4 is 9.62 Å². The van der Waals surface area contributed by atoms with Gasteiger partial charge < -0.3 is 9.88 Å². The zero-order valence-corrected chi connectivity index (χ0v) is 16.8. The molecule has 1 N–H and O–H groups in total. The van der Waals surface area contributed by atoms with Gasteiger partial charge in [-0.05, 0) is 24.3 Å². The van der Waals surface area contributed by atoms with Crippen molar-refractivity contribution in [2.75, 3.05) is 22.9 Å². The molecule has 4 aromatic rings. The summed E-state index contributed by atoms with van der Waals surface area (Å²) in [5.74, 6) is 0.886. The molecule has 4 rings (SSSR count). The monoisotopic (exact) mass is 408 g/mol. The van der Waals surface area contributed by atoms with Crippen LogP contribution in [0.15, 0.2) is 67.1 Å². The van der Waals surface area contributed by atoms with E-state index in [-0.39, 0.29) is 0 Å². The topological polar surface area (TPSA) is 93.0 Å². The maximum Gasteiger partial charge on any atom is 0.233 e. The largest absolute Gasteiger partial charge is 0.328 e. The van der Waals surface area contributed by atoms with E-state index >= 15 is 0 Å². The third kappa shape index (κ3) is 4.04. The average molecular weight is 408 g/mol. The van der Waals surface area contributed by atoms with Crippen LogP contribution in [-0.2, 0) is 16.6 Å². The highest BCUT2D eigenvalue weighted by Gasteiger charge is 2.17. The summed E-state index contributed by atoms with van der Waals surface area (Å²) in [4.78, 5) is 13.3. The number of para-hydroxylation sites is 1. The summed E-state index contributed by atoms with van der Waals surface area (Å²) in [6, 6.07) is 15.3. The van der Waals surface area contributed by atoms with Gasteiger partial charge in [-0.2, -0.15) is 4.98 Å². The second-order valence-electron chi connectivity index (χ2n) is 6.62. The van der Waals surface area contributed by atoms with Crippen molar-refractivity contribution >= 4 is 38.5 Å². The molecule has 1 aromatic carbocycles. The number of nitrogens with zero attached hydrogens (tertiary/aromatic N) is 5. The minimum absolute atomic E-state index is 0.397. The van der Waals surface area contributed by atoms with Crippen LogP contribution in [0.2, 0.25) is 0 Å². The van der Waals surface area contributed by atoms with Gasteiger partial charge in [-0.3, -0.25) is 4.31 Å². The number of aromatic nitrogens is 4. The number of sulfonamides is 1. The highest BCUT2D eigenvalue weighted by atomic mass is 32.2. The molecular formula is C20H20N6O2S. The van der Waals surface area contributed by atoms with Crippen LogP contribution in [0, 0.1) is 0 Å². The Kier molecular flexibility index (Phi) is 4.89. The minimum atomic E-state index is -3.42. The first-order valence-electron chi connectivity index (χ1n) is 8.93. The number of benzene rings is 1. The van der Waals surface area contributed by atoms with E-state index in [1.54, 1.807) is 18.5 Å². The number of fused-ring (bicyclic) bond motifs is 1. The molecule has 0 spiro atoms. The van der Waals surface area contributed by atoms with Crippen molar-refractivity contribution < 1.29 is 8.42 Å². The van der Waals surface area contributed by atoms with Gasteiger partial charge in [0.05, 0.1) is 12.8 Å². The van der Waals surface area contributed by atoms with Crippen LogP contribution in [-0.4, -0.2) is 41.2 Å². The third-order valence-electron chi connectivity index (χ3n) is 4.54. The van der Waals surface area contributed by atoms with Gasteiger partial charge in [0.25, 0.3) is 0 Å². The van der Waals surface area contributed by atoms with Gasteiger partial charge in [-0.25, -0.2) is 18.4 Å². The molecule has 9 heteroatoms. The van der Waals surface area contributed by atoms with Crippen molar-refractivity contribution in [3.05, 3.63) is 72.7 Å². The summed E-state index contributed by atoms with van der Waals surface area (Å²) in [6.45, 7) is 0.425. The quantitative estimate of drug-likeness (QED) is 0.527. The van der Waals surface area contributed by atoms with Gasteiger partial charge in [0.1, 0.15) is 11.5 Å². The van der Waals surface area contributed by atoms with Gasteiger partial charge in [-0.15, -0.1) is 0 Å². The molecule has 0 radical (unpaired) electrons. The second-order valence-corrected chi connectivity index (χ2v) is 8.64. The maximum absolute atomic E-state index is 12.0. The molecule has 148 valence electrons. The van der Waals surface area contributed by atoms with E-state index in [9.17, 15) is 8.42 Å². The molecule has 0 amide bonds. The molecule has 0 saturated carbocycles. The van der Waals surface area contributed by atoms with Gasteiger partial charge in [-0.1, -0.05) is 24.3 Å². The summed E-state index contributed by atoms with van der Waals surface area (Å²) in [7, 11) is -1.92. The zero-order valence-electron chi connectivity index (χ0n) is 16.0. The molecule has 0 unspecified atom stereocenters. The van der Waals surface area contributed by atoms with E-state index in [0.29, 0.717) is 18.3 Å². The first-order valence-corrected chi connectivity index (χ1v) is 10.8. The lowest BCUT2D eigenvalue weighted by Crippen LogP contribution is -2.27. The van der Waals surface area contributed by atoms with Crippen molar-refractivity contribution in [2.24, 2.45) is 0 Å². The molecule has 0 atom stereocenters. The van der Waals surface area contributed by atoms with Gasteiger partial charge in [0.15, 0.2) is 0 Å². The number of hydrogen-bond donors (Lipinski definition) is 1. The summed E-state index contributed by atoms with van der Waals surface area (Å²) in [5.41, 5.74) is 2.42. The van der Waals surface area contributed by atoms with E-state index in [4.69, 9.17) is 0 Å². The maximum atomic E-state index is 12.0. The van der Waals surface area contributed by atoms with E-state index in [2.05, 4.69) is 20.3 Å². The van der Waals surface area contributed by atoms with Gasteiger partial charge in [0, 0.05) is 42.3 Å². The van der Waals surface area contributed by atoms with Crippen molar-refractivity contribution in [1.82, 2.24) is 19.5 Å². The summed E-state index contributed by atoms with van der Waals surface area (Å²) >= 11 is 0. The lowest BCUT2D eigenvalue weighted by atomic mass is 10.2. The Morgan fingerprint density at radius 2 is 1.86 bits per heavy atom. The number of anilines is 3. The van der Waals surface area contributed by atoms with Crippen molar-refractivity contribution in [1.29, 1.82) is 0 Å². The molecule has 29 heavy (non-hydrogen) atoms. The van der Waals surface area contributed by atoms with Gasteiger partial charge in [0.2, 0.25) is 16.0 Å². The number of rotatable bonds is 6. The van der Waals surface area contributed by atoms with Crippen LogP contribution >= 0.6 is 0 Å². The van der Waals surface area contributed by atoms with E-state index in [1.807, 2.05) is 53.2 Å². The number of nitrogens with one attached hydrogen (secondary N) is 1. The zero-order chi connectivity index (χ0) is 20.4. The third-order valence-corrected chi connectivity index (χ3v) is 5.70. The second kappa shape index (κ2) is 7.51. The Morgan fingerprint density at radius 3 is 2.62 bits per heavy atom. The first-order chi connectivity index (χ1) is 13.9. The molecule has 3 heterocycles. The smallest absolute Gasteiger partial charge is 0.233 e. The standard InChI is InChI=1S/C20H20N6O2S/c1-25(29(2,27)28)18-16(7-6-11-21-18)14-26-12-10-15-13-22-20(24-19(15)26)23-17-8-4-3-5-9-17/h3-13H,14H2,1-2H3,(H,22,23,24). The summed E-state index contributed by atoms with van der Waals surface area (Å²) < 4.78 is 27.1. The van der Waals surface area contributed by atoms with Crippen molar-refractivity contribution in [3.8, 4) is 0 Å². The number of pyridine rings is 1. The van der Waals surface area contributed by atoms with Crippen molar-refractivity contribution in [2.45, 2.75) is 6.54 Å². The Bertz CT molecular complexity index is 1250. The molecule has 0 fully saturated rings. The average Bonchev–Trinajstić information content (AvgIpc) is 3.10. The molecule has 0 bridgehead atoms. The highest BCUT2D eigenvalue weighted by Crippen LogP contribution is 2.23. The fraction of sp³-hybridized carbons (Fsp3) is 0.150. The van der Waals surface area contributed by atoms with Crippen LogP contribution in [0.3, 0.4) is 0 Å². The molecule has 0 aliphatic rings. The molecule has 0 aliphatic carbocycles. The highest BCUT2D eigenvalue weighted by molar-refractivity contribution is 7.92. The molecule has 0 aliphatic heterocycles. The Morgan fingerprint density at radius 1 is 1.07 bits per heavy atom. The normalized spacial score (nSPS) is 11.5. The fourth-order valence-corrected chi connectivity index (χ4v) is 3.47. The van der Waals surface area contributed by atoms with Crippen LogP contribution in [0.25, 0.3) is 11.0 Å². The predicted molar refractivity (Wildman–Crippen MR) is 114 cm³/mol. The van der Waals surface area contributed by atoms with E-state index in [0.717, 1.165) is 28.5 Å². The molecule has 8 nitrogen and oxygen atoms in total. The first kappa shape index (κ1) is 18.9. The lowest BCUT2D eigenvalue weighted by Gasteiger charge is -2.19. The molecule has 3 aromatic heterocycles. The predicted octanol–water partition coefficient (Wildman–Crippen LogP) is 3.01. The summed E-state index contributed by atoms with van der Waals surface area (Å²) in [6.07, 6.45) is 6.41. The van der Waals surface area contributed by atoms with E-state index < -0.39 is 10.0 Å². The van der Waals surface area contributed by atoms with Crippen LogP contribution in [0.5, 0.6) is 0 Å². The Balaban J connectivity index is 1.68. The van der Waals surface area contributed by atoms with Crippen LogP contribution in [0.1, 0.15) is 5.56 Å². The molecular weight excluding hydrogens is 388 g/mol. The SMILES string of the molecule is CN(c1ncccc1Cn1ccc2cnc(Nc3ccccc3)nc21)S(C)(=O)=O. The summed E-state index contributed by atoms with van der Waals surface area (Å²) in [5, 5.41) is 4.08. The van der Waals surface area contributed by atoms with Crippen LogP contribution in [0.4, 0.5) is 17.5 Å². The molecule has 0 saturated heterocycles. The van der Waals surface area contributed by atoms with Gasteiger partial charge >= 0.3 is 0 Å². The van der Waals surface area contributed by atoms with E-state index in [1.165, 1.54) is 11.4 Å². The minimum Gasteiger partial charge on any atom is -0.328 e. The number of hydrogen-bond acceptors (Lipinski definition) is 6. The lowest BCUT2D eigenvalue weighted by molar-refractivity contribution is 0.599. The Hall–Kier alpha value is -3.46. The van der Waals surface area contributed by atoms with Crippen molar-refractivity contribution in [3.63, 3.8) is 0 Å².